The van der Waals surface area contributed by atoms with E-state index < -0.39 is 0 Å². The van der Waals surface area contributed by atoms with Crippen molar-refractivity contribution in [2.45, 2.75) is 32.6 Å². The highest BCUT2D eigenvalue weighted by Gasteiger charge is 2.15. The number of methoxy groups -OCH3 is 1. The molecule has 0 N–H and O–H groups in total. The topological polar surface area (TPSA) is 61.3 Å². The van der Waals surface area contributed by atoms with Crippen LogP contribution in [-0.2, 0) is 26.1 Å². The summed E-state index contributed by atoms with van der Waals surface area (Å²) in [5.74, 6) is 0.140. The van der Waals surface area contributed by atoms with E-state index in [9.17, 15) is 4.79 Å². The van der Waals surface area contributed by atoms with Crippen molar-refractivity contribution in [2.24, 2.45) is 0 Å². The molecule has 5 nitrogen and oxygen atoms in total. The lowest BCUT2D eigenvalue weighted by molar-refractivity contribution is -0.144. The van der Waals surface area contributed by atoms with E-state index in [1.54, 1.807) is 19.5 Å². The van der Waals surface area contributed by atoms with Crippen LogP contribution >= 0.6 is 0 Å². The summed E-state index contributed by atoms with van der Waals surface area (Å²) in [5, 5.41) is 0. The van der Waals surface area contributed by atoms with Gasteiger partial charge in [0.1, 0.15) is 18.9 Å². The number of aromatic nitrogens is 2. The molecule has 0 aliphatic rings. The molecule has 1 rings (SSSR count). The maximum Gasteiger partial charge on any atom is 0.313 e. The summed E-state index contributed by atoms with van der Waals surface area (Å²) in [4.78, 5) is 19.8. The predicted molar refractivity (Wildman–Crippen MR) is 67.3 cm³/mol. The summed E-state index contributed by atoms with van der Waals surface area (Å²) in [6.07, 6.45) is 3.60. The smallest absolute Gasteiger partial charge is 0.313 e. The first kappa shape index (κ1) is 14.6. The highest BCUT2D eigenvalue weighted by Crippen LogP contribution is 2.19. The van der Waals surface area contributed by atoms with Crippen LogP contribution in [0.3, 0.4) is 0 Å². The number of rotatable bonds is 5. The van der Waals surface area contributed by atoms with Gasteiger partial charge in [0.25, 0.3) is 0 Å². The third-order valence-electron chi connectivity index (χ3n) is 2.42. The predicted octanol–water partition coefficient (Wildman–Crippen LogP) is 1.51. The summed E-state index contributed by atoms with van der Waals surface area (Å²) < 4.78 is 9.73. The molecule has 1 aromatic heterocycles. The average molecular weight is 252 g/mol. The van der Waals surface area contributed by atoms with Crippen LogP contribution in [-0.4, -0.2) is 36.3 Å². The van der Waals surface area contributed by atoms with Gasteiger partial charge in [-0.2, -0.15) is 0 Å². The zero-order valence-electron chi connectivity index (χ0n) is 11.4. The fourth-order valence-electron chi connectivity index (χ4n) is 1.25. The standard InChI is InChI=1S/C13H20N2O3/c1-13(2,3)10-8-14-11(15-9-10)7-12(16)18-6-5-17-4/h8-9H,5-7H2,1-4H3. The molecule has 0 spiro atoms. The minimum Gasteiger partial charge on any atom is -0.463 e. The third-order valence-corrected chi connectivity index (χ3v) is 2.42. The Morgan fingerprint density at radius 1 is 1.22 bits per heavy atom. The van der Waals surface area contributed by atoms with Crippen molar-refractivity contribution in [3.05, 3.63) is 23.8 Å². The molecule has 0 aliphatic carbocycles. The second-order valence-electron chi connectivity index (χ2n) is 5.03. The Bertz CT molecular complexity index is 382. The molecule has 1 heterocycles. The first-order valence-corrected chi connectivity index (χ1v) is 5.89. The summed E-state index contributed by atoms with van der Waals surface area (Å²) in [7, 11) is 1.56. The van der Waals surface area contributed by atoms with E-state index in [0.29, 0.717) is 12.4 Å². The number of ether oxygens (including phenoxy) is 2. The van der Waals surface area contributed by atoms with E-state index in [2.05, 4.69) is 30.7 Å². The normalized spacial score (nSPS) is 11.3. The van der Waals surface area contributed by atoms with E-state index >= 15 is 0 Å². The fourth-order valence-corrected chi connectivity index (χ4v) is 1.25. The van der Waals surface area contributed by atoms with Gasteiger partial charge in [0.15, 0.2) is 0 Å². The Hall–Kier alpha value is -1.49. The molecule has 100 valence electrons. The molecule has 0 aromatic carbocycles. The highest BCUT2D eigenvalue weighted by atomic mass is 16.6. The summed E-state index contributed by atoms with van der Waals surface area (Å²) >= 11 is 0. The SMILES string of the molecule is COCCOC(=O)Cc1ncc(C(C)(C)C)cn1. The second-order valence-corrected chi connectivity index (χ2v) is 5.03. The first-order chi connectivity index (χ1) is 8.43. The molecule has 0 saturated heterocycles. The van der Waals surface area contributed by atoms with E-state index in [1.165, 1.54) is 0 Å². The van der Waals surface area contributed by atoms with E-state index in [-0.39, 0.29) is 24.4 Å². The zero-order valence-corrected chi connectivity index (χ0v) is 11.4. The molecular formula is C13H20N2O3. The van der Waals surface area contributed by atoms with E-state index in [4.69, 9.17) is 9.47 Å². The molecule has 0 unspecified atom stereocenters. The van der Waals surface area contributed by atoms with Crippen molar-refractivity contribution in [3.8, 4) is 0 Å². The molecule has 0 fully saturated rings. The minimum atomic E-state index is -0.337. The molecule has 0 radical (unpaired) electrons. The van der Waals surface area contributed by atoms with Crippen LogP contribution in [0.5, 0.6) is 0 Å². The van der Waals surface area contributed by atoms with Crippen molar-refractivity contribution in [1.29, 1.82) is 0 Å². The molecular weight excluding hydrogens is 232 g/mol. The van der Waals surface area contributed by atoms with Crippen LogP contribution < -0.4 is 0 Å². The van der Waals surface area contributed by atoms with E-state index in [0.717, 1.165) is 5.56 Å². The van der Waals surface area contributed by atoms with Gasteiger partial charge in [-0.25, -0.2) is 9.97 Å². The number of carbonyl (C=O) groups excluding carboxylic acids is 1. The van der Waals surface area contributed by atoms with Crippen LogP contribution in [0.4, 0.5) is 0 Å². The summed E-state index contributed by atoms with van der Waals surface area (Å²) in [6.45, 7) is 6.92. The maximum absolute atomic E-state index is 11.4. The lowest BCUT2D eigenvalue weighted by Crippen LogP contribution is -2.16. The molecule has 1 aromatic rings. The lowest BCUT2D eigenvalue weighted by Gasteiger charge is -2.17. The van der Waals surface area contributed by atoms with Crippen LogP contribution in [0, 0.1) is 0 Å². The van der Waals surface area contributed by atoms with Gasteiger partial charge >= 0.3 is 5.97 Å². The van der Waals surface area contributed by atoms with Gasteiger partial charge in [-0.1, -0.05) is 20.8 Å². The van der Waals surface area contributed by atoms with Crippen LogP contribution in [0.25, 0.3) is 0 Å². The number of esters is 1. The Balaban J connectivity index is 2.51. The highest BCUT2D eigenvalue weighted by molar-refractivity contribution is 5.71. The molecule has 0 amide bonds. The Morgan fingerprint density at radius 2 is 1.83 bits per heavy atom. The Morgan fingerprint density at radius 3 is 2.33 bits per heavy atom. The van der Waals surface area contributed by atoms with Crippen molar-refractivity contribution < 1.29 is 14.3 Å². The zero-order chi connectivity index (χ0) is 13.6. The molecule has 0 bridgehead atoms. The van der Waals surface area contributed by atoms with Crippen molar-refractivity contribution in [3.63, 3.8) is 0 Å². The number of hydrogen-bond acceptors (Lipinski definition) is 5. The van der Waals surface area contributed by atoms with Gasteiger partial charge in [-0.3, -0.25) is 4.79 Å². The molecule has 18 heavy (non-hydrogen) atoms. The minimum absolute atomic E-state index is 0.0114. The van der Waals surface area contributed by atoms with Crippen LogP contribution in [0.1, 0.15) is 32.2 Å². The number of carbonyl (C=O) groups is 1. The second kappa shape index (κ2) is 6.44. The number of nitrogens with zero attached hydrogens (tertiary/aromatic N) is 2. The number of hydrogen-bond donors (Lipinski definition) is 0. The Labute approximate surface area is 108 Å². The third kappa shape index (κ3) is 4.79. The average Bonchev–Trinajstić information content (AvgIpc) is 2.29. The van der Waals surface area contributed by atoms with Crippen LogP contribution in [0.2, 0.25) is 0 Å². The monoisotopic (exact) mass is 252 g/mol. The van der Waals surface area contributed by atoms with Crippen molar-refractivity contribution >= 4 is 5.97 Å². The van der Waals surface area contributed by atoms with Crippen molar-refractivity contribution in [2.75, 3.05) is 20.3 Å². The van der Waals surface area contributed by atoms with Crippen LogP contribution in [0.15, 0.2) is 12.4 Å². The van der Waals surface area contributed by atoms with Gasteiger partial charge in [-0.15, -0.1) is 0 Å². The summed E-state index contributed by atoms with van der Waals surface area (Å²) in [6, 6.07) is 0. The van der Waals surface area contributed by atoms with Gasteiger partial charge in [0.05, 0.1) is 6.61 Å². The lowest BCUT2D eigenvalue weighted by atomic mass is 9.89. The Kier molecular flexibility index (Phi) is 5.22. The first-order valence-electron chi connectivity index (χ1n) is 5.89. The summed E-state index contributed by atoms with van der Waals surface area (Å²) in [5.41, 5.74) is 1.05. The van der Waals surface area contributed by atoms with Gasteiger partial charge in [0, 0.05) is 19.5 Å². The van der Waals surface area contributed by atoms with E-state index in [1.807, 2.05) is 0 Å². The quantitative estimate of drug-likeness (QED) is 0.587. The maximum atomic E-state index is 11.4. The molecule has 5 heteroatoms. The van der Waals surface area contributed by atoms with Gasteiger partial charge in [-0.05, 0) is 11.0 Å². The fraction of sp³-hybridized carbons (Fsp3) is 0.615. The molecule has 0 saturated carbocycles. The largest absolute Gasteiger partial charge is 0.463 e. The molecule has 0 aliphatic heterocycles. The van der Waals surface area contributed by atoms with Gasteiger partial charge in [0.2, 0.25) is 0 Å². The molecule has 0 atom stereocenters. The van der Waals surface area contributed by atoms with Gasteiger partial charge < -0.3 is 9.47 Å². The van der Waals surface area contributed by atoms with Crippen molar-refractivity contribution in [1.82, 2.24) is 9.97 Å².